The van der Waals surface area contributed by atoms with Crippen molar-refractivity contribution < 1.29 is 9.84 Å². The Labute approximate surface area is 115 Å². The summed E-state index contributed by atoms with van der Waals surface area (Å²) >= 11 is 0. The van der Waals surface area contributed by atoms with Gasteiger partial charge in [-0.15, -0.1) is 0 Å². The van der Waals surface area contributed by atoms with Crippen molar-refractivity contribution in [3.05, 3.63) is 52.4 Å². The Morgan fingerprint density at radius 1 is 1.10 bits per heavy atom. The summed E-state index contributed by atoms with van der Waals surface area (Å²) in [4.78, 5) is 0. The van der Waals surface area contributed by atoms with Gasteiger partial charge in [-0.2, -0.15) is 0 Å². The molecule has 1 aliphatic heterocycles. The highest BCUT2D eigenvalue weighted by Gasteiger charge is 2.20. The predicted octanol–water partition coefficient (Wildman–Crippen LogP) is -0.453. The minimum Gasteiger partial charge on any atom is -0.507 e. The maximum Gasteiger partial charge on any atom is 0.189 e. The maximum atomic E-state index is 9.86. The molecular weight excluding hydrogens is 254 g/mol. The summed E-state index contributed by atoms with van der Waals surface area (Å²) in [5, 5.41) is 11.3. The monoisotopic (exact) mass is 269 g/mol. The van der Waals surface area contributed by atoms with Crippen molar-refractivity contribution in [2.24, 2.45) is 11.5 Å². The molecule has 7 N–H and O–H groups in total. The largest absolute Gasteiger partial charge is 0.507 e. The molecule has 5 heteroatoms. The number of rotatable bonds is 1. The number of phenolic OH excluding ortho intramolecular Hbond substituents is 1. The lowest BCUT2D eigenvalue weighted by molar-refractivity contribution is 0.277. The van der Waals surface area contributed by atoms with E-state index in [2.05, 4.69) is 0 Å². The fourth-order valence-electron chi connectivity index (χ4n) is 2.27. The number of fused-ring (bicyclic) bond motifs is 1. The second-order valence-corrected chi connectivity index (χ2v) is 4.64. The first-order valence-corrected chi connectivity index (χ1v) is 6.18. The van der Waals surface area contributed by atoms with Crippen LogP contribution in [0.5, 0.6) is 11.5 Å². The zero-order valence-corrected chi connectivity index (χ0v) is 10.7. The Kier molecular flexibility index (Phi) is 2.76. The molecule has 0 spiro atoms. The summed E-state index contributed by atoms with van der Waals surface area (Å²) in [7, 11) is 0. The van der Waals surface area contributed by atoms with Crippen LogP contribution in [0.2, 0.25) is 0 Å². The molecule has 0 aliphatic carbocycles. The molecule has 0 saturated carbocycles. The molecule has 0 saturated heterocycles. The third-order valence-electron chi connectivity index (χ3n) is 3.33. The second-order valence-electron chi connectivity index (χ2n) is 4.64. The van der Waals surface area contributed by atoms with Gasteiger partial charge in [-0.1, -0.05) is 18.2 Å². The van der Waals surface area contributed by atoms with E-state index < -0.39 is 6.23 Å². The van der Waals surface area contributed by atoms with E-state index in [4.69, 9.17) is 21.9 Å². The van der Waals surface area contributed by atoms with E-state index in [0.29, 0.717) is 33.1 Å². The molecule has 2 aromatic carbocycles. The van der Waals surface area contributed by atoms with E-state index in [-0.39, 0.29) is 5.75 Å². The highest BCUT2D eigenvalue weighted by Crippen LogP contribution is 2.17. The molecule has 3 rings (SSSR count). The van der Waals surface area contributed by atoms with Crippen molar-refractivity contribution >= 4 is 17.5 Å². The Balaban J connectivity index is 2.37. The number of benzene rings is 2. The van der Waals surface area contributed by atoms with Crippen molar-refractivity contribution in [1.82, 2.24) is 0 Å². The van der Waals surface area contributed by atoms with Crippen LogP contribution in [0, 0.1) is 0 Å². The van der Waals surface area contributed by atoms with Gasteiger partial charge in [-0.25, -0.2) is 0 Å². The van der Waals surface area contributed by atoms with Gasteiger partial charge >= 0.3 is 0 Å². The Hall–Kier alpha value is -2.66. The molecule has 0 amide bonds. The van der Waals surface area contributed by atoms with Gasteiger partial charge in [0.1, 0.15) is 11.5 Å². The normalized spacial score (nSPS) is 17.9. The number of para-hydroxylation sites is 1. The average molecular weight is 269 g/mol. The number of nitrogen functional groups attached to an aromatic ring is 1. The lowest BCUT2D eigenvalue weighted by Crippen LogP contribution is -2.34. The SMILES string of the molecule is NC1=c2c(ccc(N)c2=Cc2ccccc2O)OC1N. The van der Waals surface area contributed by atoms with Crippen LogP contribution in [0.3, 0.4) is 0 Å². The van der Waals surface area contributed by atoms with E-state index in [9.17, 15) is 5.11 Å². The summed E-state index contributed by atoms with van der Waals surface area (Å²) in [6.45, 7) is 0. The number of hydrogen-bond acceptors (Lipinski definition) is 5. The van der Waals surface area contributed by atoms with Gasteiger partial charge in [0, 0.05) is 21.7 Å². The van der Waals surface area contributed by atoms with Crippen LogP contribution in [0.15, 0.2) is 36.4 Å². The summed E-state index contributed by atoms with van der Waals surface area (Å²) < 4.78 is 5.46. The summed E-state index contributed by atoms with van der Waals surface area (Å²) in [5.41, 5.74) is 19.4. The summed E-state index contributed by atoms with van der Waals surface area (Å²) in [5.74, 6) is 0.775. The molecule has 0 radical (unpaired) electrons. The number of nitrogens with two attached hydrogens (primary N) is 3. The maximum absolute atomic E-state index is 9.86. The number of hydrogen-bond donors (Lipinski definition) is 4. The fourth-order valence-corrected chi connectivity index (χ4v) is 2.27. The summed E-state index contributed by atoms with van der Waals surface area (Å²) in [6, 6.07) is 10.5. The molecule has 102 valence electrons. The van der Waals surface area contributed by atoms with Gasteiger partial charge in [0.05, 0.1) is 5.70 Å². The van der Waals surface area contributed by atoms with Crippen molar-refractivity contribution in [3.63, 3.8) is 0 Å². The fraction of sp³-hybridized carbons (Fsp3) is 0.0667. The van der Waals surface area contributed by atoms with Crippen LogP contribution >= 0.6 is 0 Å². The van der Waals surface area contributed by atoms with Crippen LogP contribution < -0.4 is 32.4 Å². The third kappa shape index (κ3) is 1.85. The molecule has 1 aliphatic rings. The standard InChI is InChI=1S/C15H15N3O2/c16-10-5-6-12-13(14(17)15(18)20-12)9(10)7-8-3-1-2-4-11(8)19/h1-7,15,19H,16-18H2. The zero-order valence-electron chi connectivity index (χ0n) is 10.7. The number of anilines is 1. The zero-order chi connectivity index (χ0) is 14.3. The second kappa shape index (κ2) is 4.47. The molecule has 1 heterocycles. The Morgan fingerprint density at radius 3 is 2.60 bits per heavy atom. The van der Waals surface area contributed by atoms with E-state index >= 15 is 0 Å². The first-order valence-electron chi connectivity index (χ1n) is 6.18. The molecule has 1 atom stereocenters. The van der Waals surface area contributed by atoms with E-state index in [1.807, 2.05) is 6.07 Å². The molecule has 0 aromatic heterocycles. The molecule has 1 unspecified atom stereocenters. The topological polar surface area (TPSA) is 108 Å². The molecule has 0 fully saturated rings. The lowest BCUT2D eigenvalue weighted by Gasteiger charge is -2.05. The van der Waals surface area contributed by atoms with Crippen LogP contribution in [-0.2, 0) is 0 Å². The number of aromatic hydroxyl groups is 1. The Bertz CT molecular complexity index is 799. The average Bonchev–Trinajstić information content (AvgIpc) is 2.71. The number of phenols is 1. The summed E-state index contributed by atoms with van der Waals surface area (Å²) in [6.07, 6.45) is 1.11. The highest BCUT2D eigenvalue weighted by atomic mass is 16.5. The predicted molar refractivity (Wildman–Crippen MR) is 78.0 cm³/mol. The molecular formula is C15H15N3O2. The van der Waals surface area contributed by atoms with Crippen LogP contribution in [0.4, 0.5) is 5.69 Å². The van der Waals surface area contributed by atoms with Gasteiger partial charge in [0.2, 0.25) is 0 Å². The first-order chi connectivity index (χ1) is 9.58. The van der Waals surface area contributed by atoms with Crippen molar-refractivity contribution in [2.45, 2.75) is 6.23 Å². The van der Waals surface area contributed by atoms with Gasteiger partial charge in [0.15, 0.2) is 6.23 Å². The van der Waals surface area contributed by atoms with E-state index in [1.165, 1.54) is 0 Å². The van der Waals surface area contributed by atoms with Gasteiger partial charge in [-0.3, -0.25) is 5.73 Å². The van der Waals surface area contributed by atoms with Crippen LogP contribution in [0.25, 0.3) is 11.8 Å². The quantitative estimate of drug-likeness (QED) is 0.524. The van der Waals surface area contributed by atoms with Crippen molar-refractivity contribution in [1.29, 1.82) is 0 Å². The minimum atomic E-state index is -0.664. The van der Waals surface area contributed by atoms with Gasteiger partial charge in [-0.05, 0) is 24.3 Å². The minimum absolute atomic E-state index is 0.172. The molecule has 5 nitrogen and oxygen atoms in total. The van der Waals surface area contributed by atoms with Crippen LogP contribution in [-0.4, -0.2) is 11.3 Å². The van der Waals surface area contributed by atoms with Crippen LogP contribution in [0.1, 0.15) is 5.56 Å². The van der Waals surface area contributed by atoms with Crippen molar-refractivity contribution in [3.8, 4) is 11.5 Å². The first kappa shape index (κ1) is 12.4. The lowest BCUT2D eigenvalue weighted by atomic mass is 10.1. The smallest absolute Gasteiger partial charge is 0.189 e. The van der Waals surface area contributed by atoms with E-state index in [0.717, 1.165) is 0 Å². The van der Waals surface area contributed by atoms with Crippen molar-refractivity contribution in [2.75, 3.05) is 5.73 Å². The van der Waals surface area contributed by atoms with E-state index in [1.54, 1.807) is 36.4 Å². The molecule has 20 heavy (non-hydrogen) atoms. The molecule has 0 bridgehead atoms. The molecule has 2 aromatic rings. The van der Waals surface area contributed by atoms with Gasteiger partial charge in [0.25, 0.3) is 0 Å². The number of ether oxygens (including phenoxy) is 1. The van der Waals surface area contributed by atoms with Gasteiger partial charge < -0.3 is 21.3 Å². The highest BCUT2D eigenvalue weighted by molar-refractivity contribution is 5.66. The third-order valence-corrected chi connectivity index (χ3v) is 3.33. The Morgan fingerprint density at radius 2 is 1.85 bits per heavy atom.